The van der Waals surface area contributed by atoms with Gasteiger partial charge in [0.25, 0.3) is 17.7 Å². The standard InChI is InChI=1S/C26H22Cl2F2N2O5/c1-37-22-12-15(6-8-20(22)31-23(34)17-4-2-3-5-19(17)28)24(35)32-11-10-26(29,30)25(36,14-33)18-13-16(27)7-9-21(18)32/h2-9,12-13,33,36H,10-11,14H2,1H3,(H,31,34). The van der Waals surface area contributed by atoms with Gasteiger partial charge in [0, 0.05) is 29.1 Å². The van der Waals surface area contributed by atoms with Gasteiger partial charge in [-0.2, -0.15) is 0 Å². The first-order chi connectivity index (χ1) is 17.5. The third kappa shape index (κ3) is 4.87. The Balaban J connectivity index is 1.70. The topological polar surface area (TPSA) is 99.1 Å². The summed E-state index contributed by atoms with van der Waals surface area (Å²) in [6.45, 7) is -1.72. The lowest BCUT2D eigenvalue weighted by Gasteiger charge is -2.33. The summed E-state index contributed by atoms with van der Waals surface area (Å²) >= 11 is 12.1. The summed E-state index contributed by atoms with van der Waals surface area (Å²) in [6.07, 6.45) is -0.911. The number of benzene rings is 3. The van der Waals surface area contributed by atoms with Crippen molar-refractivity contribution in [3.05, 3.63) is 87.4 Å². The quantitative estimate of drug-likeness (QED) is 0.409. The summed E-state index contributed by atoms with van der Waals surface area (Å²) in [5.74, 6) is -4.76. The maximum Gasteiger partial charge on any atom is 0.284 e. The second-order valence-corrected chi connectivity index (χ2v) is 9.28. The molecule has 0 aliphatic carbocycles. The Morgan fingerprint density at radius 2 is 1.84 bits per heavy atom. The summed E-state index contributed by atoms with van der Waals surface area (Å²) in [6, 6.07) is 14.5. The van der Waals surface area contributed by atoms with Crippen molar-refractivity contribution in [1.82, 2.24) is 0 Å². The molecule has 0 saturated carbocycles. The van der Waals surface area contributed by atoms with Crippen molar-refractivity contribution in [2.45, 2.75) is 17.9 Å². The molecular formula is C26H22Cl2F2N2O5. The number of hydrogen-bond donors (Lipinski definition) is 3. The third-order valence-electron chi connectivity index (χ3n) is 6.24. The molecule has 7 nitrogen and oxygen atoms in total. The zero-order valence-electron chi connectivity index (χ0n) is 19.5. The summed E-state index contributed by atoms with van der Waals surface area (Å²) in [5.41, 5.74) is -2.75. The Hall–Kier alpha value is -3.24. The fourth-order valence-corrected chi connectivity index (χ4v) is 4.58. The number of aliphatic hydroxyl groups excluding tert-OH is 1. The SMILES string of the molecule is COc1cc(C(=O)N2CCC(F)(F)C(O)(CO)c3cc(Cl)ccc32)ccc1NC(=O)c1ccccc1Cl. The fourth-order valence-electron chi connectivity index (χ4n) is 4.18. The first kappa shape index (κ1) is 26.8. The van der Waals surface area contributed by atoms with Gasteiger partial charge in [0.2, 0.25) is 0 Å². The molecule has 0 spiro atoms. The van der Waals surface area contributed by atoms with E-state index >= 15 is 0 Å². The van der Waals surface area contributed by atoms with Gasteiger partial charge in [0.05, 0.1) is 35.7 Å². The highest BCUT2D eigenvalue weighted by Crippen LogP contribution is 2.47. The molecule has 0 radical (unpaired) electrons. The number of rotatable bonds is 5. The smallest absolute Gasteiger partial charge is 0.284 e. The van der Waals surface area contributed by atoms with Crippen LogP contribution in [0.3, 0.4) is 0 Å². The van der Waals surface area contributed by atoms with Crippen LogP contribution in [0.2, 0.25) is 10.0 Å². The van der Waals surface area contributed by atoms with Crippen molar-refractivity contribution >= 4 is 46.4 Å². The van der Waals surface area contributed by atoms with E-state index in [-0.39, 0.29) is 43.9 Å². The van der Waals surface area contributed by atoms with Crippen molar-refractivity contribution in [3.8, 4) is 5.75 Å². The Labute approximate surface area is 221 Å². The number of fused-ring (bicyclic) bond motifs is 1. The Kier molecular flexibility index (Phi) is 7.43. The maximum absolute atomic E-state index is 15.0. The number of amides is 2. The average Bonchev–Trinajstić information content (AvgIpc) is 2.96. The van der Waals surface area contributed by atoms with E-state index in [1.165, 1.54) is 37.4 Å². The number of nitrogens with one attached hydrogen (secondary N) is 1. The first-order valence-electron chi connectivity index (χ1n) is 11.1. The normalized spacial score (nSPS) is 18.5. The minimum absolute atomic E-state index is 0.0156. The number of methoxy groups -OCH3 is 1. The summed E-state index contributed by atoms with van der Waals surface area (Å²) in [5, 5.41) is 23.5. The highest BCUT2D eigenvalue weighted by molar-refractivity contribution is 6.34. The molecule has 3 aromatic carbocycles. The Bertz CT molecular complexity index is 1370. The van der Waals surface area contributed by atoms with Gasteiger partial charge in [-0.25, -0.2) is 8.78 Å². The molecule has 194 valence electrons. The van der Waals surface area contributed by atoms with Crippen LogP contribution in [0.5, 0.6) is 5.75 Å². The van der Waals surface area contributed by atoms with Crippen LogP contribution in [-0.2, 0) is 5.60 Å². The molecule has 37 heavy (non-hydrogen) atoms. The predicted molar refractivity (Wildman–Crippen MR) is 136 cm³/mol. The second-order valence-electron chi connectivity index (χ2n) is 8.44. The molecule has 1 aliphatic rings. The van der Waals surface area contributed by atoms with E-state index < -0.39 is 42.9 Å². The van der Waals surface area contributed by atoms with Crippen LogP contribution < -0.4 is 15.0 Å². The van der Waals surface area contributed by atoms with Crippen LogP contribution in [0.15, 0.2) is 60.7 Å². The number of aliphatic hydroxyl groups is 2. The zero-order chi connectivity index (χ0) is 27.0. The highest BCUT2D eigenvalue weighted by Gasteiger charge is 2.56. The molecule has 0 aromatic heterocycles. The lowest BCUT2D eigenvalue weighted by Crippen LogP contribution is -2.48. The molecule has 0 bridgehead atoms. The second kappa shape index (κ2) is 10.3. The van der Waals surface area contributed by atoms with E-state index in [4.69, 9.17) is 27.9 Å². The lowest BCUT2D eigenvalue weighted by atomic mass is 9.86. The van der Waals surface area contributed by atoms with Crippen molar-refractivity contribution < 1.29 is 33.3 Å². The molecule has 1 heterocycles. The van der Waals surface area contributed by atoms with Gasteiger partial charge >= 0.3 is 0 Å². The number of anilines is 2. The zero-order valence-corrected chi connectivity index (χ0v) is 21.0. The van der Waals surface area contributed by atoms with E-state index in [2.05, 4.69) is 5.32 Å². The largest absolute Gasteiger partial charge is 0.495 e. The number of halogens is 4. The summed E-state index contributed by atoms with van der Waals surface area (Å²) in [4.78, 5) is 27.3. The number of ether oxygens (including phenoxy) is 1. The van der Waals surface area contributed by atoms with Crippen LogP contribution >= 0.6 is 23.2 Å². The Morgan fingerprint density at radius 3 is 2.51 bits per heavy atom. The number of carbonyl (C=O) groups excluding carboxylic acids is 2. The van der Waals surface area contributed by atoms with E-state index in [9.17, 15) is 28.6 Å². The van der Waals surface area contributed by atoms with Crippen LogP contribution in [0.4, 0.5) is 20.2 Å². The van der Waals surface area contributed by atoms with Crippen molar-refractivity contribution in [3.63, 3.8) is 0 Å². The third-order valence-corrected chi connectivity index (χ3v) is 6.80. The minimum Gasteiger partial charge on any atom is -0.495 e. The van der Waals surface area contributed by atoms with E-state index in [1.54, 1.807) is 24.3 Å². The molecule has 0 fully saturated rings. The van der Waals surface area contributed by atoms with Gasteiger partial charge < -0.3 is 25.2 Å². The first-order valence-corrected chi connectivity index (χ1v) is 11.8. The number of carbonyl (C=O) groups is 2. The number of nitrogens with zero attached hydrogens (tertiary/aromatic N) is 1. The summed E-state index contributed by atoms with van der Waals surface area (Å²) in [7, 11) is 1.35. The number of alkyl halides is 2. The molecular weight excluding hydrogens is 529 g/mol. The molecule has 2 amide bonds. The molecule has 1 aliphatic heterocycles. The monoisotopic (exact) mass is 550 g/mol. The molecule has 0 saturated heterocycles. The average molecular weight is 551 g/mol. The van der Waals surface area contributed by atoms with Crippen molar-refractivity contribution in [2.24, 2.45) is 0 Å². The molecule has 11 heteroatoms. The van der Waals surface area contributed by atoms with Gasteiger partial charge in [-0.1, -0.05) is 35.3 Å². The number of hydrogen-bond acceptors (Lipinski definition) is 5. The predicted octanol–water partition coefficient (Wildman–Crippen LogP) is 5.12. The van der Waals surface area contributed by atoms with Gasteiger partial charge in [-0.15, -0.1) is 0 Å². The lowest BCUT2D eigenvalue weighted by molar-refractivity contribution is -0.205. The Morgan fingerprint density at radius 1 is 1.11 bits per heavy atom. The highest BCUT2D eigenvalue weighted by atomic mass is 35.5. The van der Waals surface area contributed by atoms with Crippen LogP contribution in [0.1, 0.15) is 32.7 Å². The van der Waals surface area contributed by atoms with E-state index in [0.717, 1.165) is 11.0 Å². The van der Waals surface area contributed by atoms with Crippen molar-refractivity contribution in [2.75, 3.05) is 30.5 Å². The molecule has 1 unspecified atom stereocenters. The fraction of sp³-hybridized carbons (Fsp3) is 0.231. The minimum atomic E-state index is -3.75. The van der Waals surface area contributed by atoms with Crippen molar-refractivity contribution in [1.29, 1.82) is 0 Å². The van der Waals surface area contributed by atoms with Crippen LogP contribution in [0.25, 0.3) is 0 Å². The maximum atomic E-state index is 15.0. The van der Waals surface area contributed by atoms with Gasteiger partial charge in [-0.3, -0.25) is 9.59 Å². The molecule has 1 atom stereocenters. The molecule has 3 N–H and O–H groups in total. The molecule has 4 rings (SSSR count). The van der Waals surface area contributed by atoms with Gasteiger partial charge in [0.15, 0.2) is 5.60 Å². The van der Waals surface area contributed by atoms with E-state index in [0.29, 0.717) is 0 Å². The summed E-state index contributed by atoms with van der Waals surface area (Å²) < 4.78 is 35.3. The van der Waals surface area contributed by atoms with Crippen LogP contribution in [0, 0.1) is 0 Å². The van der Waals surface area contributed by atoms with Gasteiger partial charge in [-0.05, 0) is 48.5 Å². The molecule has 3 aromatic rings. The van der Waals surface area contributed by atoms with Crippen LogP contribution in [-0.4, -0.2) is 48.2 Å². The van der Waals surface area contributed by atoms with E-state index in [1.807, 2.05) is 0 Å². The van der Waals surface area contributed by atoms with Gasteiger partial charge in [0.1, 0.15) is 5.75 Å².